The molecule has 0 saturated carbocycles. The van der Waals surface area contributed by atoms with Crippen molar-refractivity contribution >= 4 is 23.4 Å². The molecule has 0 bridgehead atoms. The minimum absolute atomic E-state index is 0.0122. The second-order valence-electron chi connectivity index (χ2n) is 11.9. The first-order valence-electron chi connectivity index (χ1n) is 14.8. The fraction of sp³-hybridized carbons (Fsp3) is 0.567. The number of aromatic nitrogens is 3. The molecule has 5 rings (SSSR count). The Morgan fingerprint density at radius 1 is 1.22 bits per heavy atom. The maximum atomic E-state index is 14.2. The zero-order valence-electron chi connectivity index (χ0n) is 25.7. The molecule has 0 unspecified atom stereocenters. The van der Waals surface area contributed by atoms with Gasteiger partial charge >= 0.3 is 12.2 Å². The van der Waals surface area contributed by atoms with Crippen LogP contribution in [0.1, 0.15) is 35.2 Å². The van der Waals surface area contributed by atoms with Crippen molar-refractivity contribution in [2.24, 2.45) is 5.41 Å². The Balaban J connectivity index is 1.52. The van der Waals surface area contributed by atoms with E-state index in [0.717, 1.165) is 0 Å². The molecule has 0 aliphatic carbocycles. The number of pyridine rings is 1. The molecule has 2 aromatic heterocycles. The first-order chi connectivity index (χ1) is 21.9. The van der Waals surface area contributed by atoms with Gasteiger partial charge in [0.05, 0.1) is 49.4 Å². The monoisotopic (exact) mass is 648 g/mol. The summed E-state index contributed by atoms with van der Waals surface area (Å²) in [5.41, 5.74) is 5.69. The quantitative estimate of drug-likeness (QED) is 0.316. The summed E-state index contributed by atoms with van der Waals surface area (Å²) in [5, 5.41) is 9.46. The maximum Gasteiger partial charge on any atom is 0.420 e. The number of piperazine rings is 1. The number of carbonyl (C=O) groups is 1. The largest absolute Gasteiger partial charge is 0.463 e. The summed E-state index contributed by atoms with van der Waals surface area (Å²) in [5.74, 6) is -1.83. The molecule has 0 aromatic carbocycles. The number of halogens is 4. The Kier molecular flexibility index (Phi) is 9.54. The summed E-state index contributed by atoms with van der Waals surface area (Å²) in [6.45, 7) is 6.62. The van der Waals surface area contributed by atoms with Crippen LogP contribution in [-0.4, -0.2) is 91.5 Å². The molecule has 16 heteroatoms. The highest BCUT2D eigenvalue weighted by Gasteiger charge is 2.41. The van der Waals surface area contributed by atoms with Crippen molar-refractivity contribution in [3.63, 3.8) is 0 Å². The van der Waals surface area contributed by atoms with Gasteiger partial charge in [-0.1, -0.05) is 6.58 Å². The van der Waals surface area contributed by atoms with E-state index in [4.69, 9.17) is 24.9 Å². The van der Waals surface area contributed by atoms with Crippen LogP contribution in [0.15, 0.2) is 18.5 Å². The van der Waals surface area contributed by atoms with Gasteiger partial charge in [-0.25, -0.2) is 9.37 Å². The number of nitrogen functional groups attached to an aromatic ring is 1. The number of rotatable bonds is 9. The van der Waals surface area contributed by atoms with E-state index in [1.165, 1.54) is 22.8 Å². The fourth-order valence-corrected chi connectivity index (χ4v) is 6.35. The van der Waals surface area contributed by atoms with E-state index in [0.29, 0.717) is 43.3 Å². The standard InChI is InChI=1S/C30H36F4N8O4/c1-18-12-23(36)38-26(24(18)30(32,33)34)40-8-5-21-22(14-40)37-28(46-17-29(15-44-3)6-11-45-16-29)39-25(21)41-9-10-42(27(43)19(2)31)20(13-41)4-7-35/h12,20H,2,4-6,8-11,13-17H2,1,3H3,(H2,36,38)/t20-,29-/m0/s1. The van der Waals surface area contributed by atoms with E-state index >= 15 is 0 Å². The second-order valence-corrected chi connectivity index (χ2v) is 11.9. The Labute approximate surface area is 263 Å². The molecule has 248 valence electrons. The van der Waals surface area contributed by atoms with Crippen LogP contribution in [0.2, 0.25) is 0 Å². The second kappa shape index (κ2) is 13.2. The molecule has 1 amide bonds. The lowest BCUT2D eigenvalue weighted by Gasteiger charge is -2.42. The van der Waals surface area contributed by atoms with Gasteiger partial charge in [-0.2, -0.15) is 28.4 Å². The van der Waals surface area contributed by atoms with Gasteiger partial charge in [-0.15, -0.1) is 0 Å². The van der Waals surface area contributed by atoms with E-state index in [1.807, 2.05) is 4.90 Å². The van der Waals surface area contributed by atoms with Crippen LogP contribution < -0.4 is 20.3 Å². The van der Waals surface area contributed by atoms with Crippen molar-refractivity contribution in [2.75, 3.05) is 75.2 Å². The average molecular weight is 649 g/mol. The van der Waals surface area contributed by atoms with Crippen LogP contribution in [-0.2, 0) is 33.4 Å². The summed E-state index contributed by atoms with van der Waals surface area (Å²) in [7, 11) is 1.59. The maximum absolute atomic E-state index is 14.2. The van der Waals surface area contributed by atoms with Gasteiger partial charge in [-0.3, -0.25) is 4.79 Å². The zero-order chi connectivity index (χ0) is 33.2. The van der Waals surface area contributed by atoms with Crippen molar-refractivity contribution < 1.29 is 36.6 Å². The predicted octanol–water partition coefficient (Wildman–Crippen LogP) is 3.19. The summed E-state index contributed by atoms with van der Waals surface area (Å²) >= 11 is 0. The lowest BCUT2D eigenvalue weighted by molar-refractivity contribution is -0.137. The minimum Gasteiger partial charge on any atom is -0.463 e. The first-order valence-corrected chi connectivity index (χ1v) is 14.8. The summed E-state index contributed by atoms with van der Waals surface area (Å²) in [4.78, 5) is 30.6. The van der Waals surface area contributed by atoms with Crippen LogP contribution in [0.25, 0.3) is 0 Å². The van der Waals surface area contributed by atoms with Gasteiger partial charge in [0, 0.05) is 45.5 Å². The van der Waals surface area contributed by atoms with Gasteiger partial charge in [0.25, 0.3) is 5.91 Å². The summed E-state index contributed by atoms with van der Waals surface area (Å²) in [6, 6.07) is 2.61. The molecular weight excluding hydrogens is 612 g/mol. The number of hydrogen-bond donors (Lipinski definition) is 1. The highest BCUT2D eigenvalue weighted by atomic mass is 19.4. The van der Waals surface area contributed by atoms with Crippen LogP contribution in [0.4, 0.5) is 35.0 Å². The number of nitriles is 1. The van der Waals surface area contributed by atoms with Crippen molar-refractivity contribution in [1.82, 2.24) is 19.9 Å². The molecule has 3 aliphatic rings. The number of alkyl halides is 3. The van der Waals surface area contributed by atoms with Gasteiger partial charge in [-0.05, 0) is 31.4 Å². The highest BCUT2D eigenvalue weighted by Crippen LogP contribution is 2.41. The van der Waals surface area contributed by atoms with Crippen LogP contribution in [0.3, 0.4) is 0 Å². The molecule has 0 radical (unpaired) electrons. The lowest BCUT2D eigenvalue weighted by Crippen LogP contribution is -2.55. The molecule has 12 nitrogen and oxygen atoms in total. The minimum atomic E-state index is -4.66. The summed E-state index contributed by atoms with van der Waals surface area (Å²) in [6.07, 6.45) is -3.76. The van der Waals surface area contributed by atoms with E-state index in [9.17, 15) is 27.6 Å². The molecule has 2 atom stereocenters. The summed E-state index contributed by atoms with van der Waals surface area (Å²) < 4.78 is 73.5. The number of ether oxygens (including phenoxy) is 3. The van der Waals surface area contributed by atoms with Gasteiger partial charge < -0.3 is 34.6 Å². The molecule has 2 N–H and O–H groups in total. The number of anilines is 3. The smallest absolute Gasteiger partial charge is 0.420 e. The van der Waals surface area contributed by atoms with E-state index < -0.39 is 34.9 Å². The van der Waals surface area contributed by atoms with Crippen molar-refractivity contribution in [3.8, 4) is 12.1 Å². The molecule has 3 aliphatic heterocycles. The van der Waals surface area contributed by atoms with Crippen LogP contribution in [0.5, 0.6) is 6.01 Å². The number of nitrogens with two attached hydrogens (primary N) is 1. The van der Waals surface area contributed by atoms with Crippen LogP contribution in [0, 0.1) is 23.7 Å². The Morgan fingerprint density at radius 3 is 2.65 bits per heavy atom. The number of carbonyl (C=O) groups excluding carboxylic acids is 1. The van der Waals surface area contributed by atoms with Crippen molar-refractivity contribution in [2.45, 2.75) is 44.9 Å². The molecule has 5 heterocycles. The van der Waals surface area contributed by atoms with E-state index in [2.05, 4.69) is 22.6 Å². The molecule has 46 heavy (non-hydrogen) atoms. The number of amides is 1. The Bertz CT molecular complexity index is 1530. The third-order valence-corrected chi connectivity index (χ3v) is 8.57. The van der Waals surface area contributed by atoms with Crippen molar-refractivity contribution in [1.29, 1.82) is 5.26 Å². The Hall–Kier alpha value is -4.23. The average Bonchev–Trinajstić information content (AvgIpc) is 3.46. The van der Waals surface area contributed by atoms with E-state index in [1.54, 1.807) is 7.11 Å². The van der Waals surface area contributed by atoms with E-state index in [-0.39, 0.29) is 75.4 Å². The first kappa shape index (κ1) is 33.1. The highest BCUT2D eigenvalue weighted by molar-refractivity contribution is 5.91. The predicted molar refractivity (Wildman–Crippen MR) is 159 cm³/mol. The molecule has 2 aromatic rings. The van der Waals surface area contributed by atoms with Crippen molar-refractivity contribution in [3.05, 3.63) is 40.9 Å². The molecular formula is C30H36F4N8O4. The van der Waals surface area contributed by atoms with Crippen LogP contribution >= 0.6 is 0 Å². The molecule has 2 saturated heterocycles. The molecule has 0 spiro atoms. The topological polar surface area (TPSA) is 143 Å². The van der Waals surface area contributed by atoms with Gasteiger partial charge in [0.15, 0.2) is 5.83 Å². The number of nitrogens with zero attached hydrogens (tertiary/aromatic N) is 7. The van der Waals surface area contributed by atoms with Gasteiger partial charge in [0.1, 0.15) is 29.6 Å². The molecule has 2 fully saturated rings. The number of aryl methyl sites for hydroxylation is 1. The fourth-order valence-electron chi connectivity index (χ4n) is 6.35. The number of fused-ring (bicyclic) bond motifs is 1. The normalized spacial score (nSPS) is 21.6. The number of hydrogen-bond acceptors (Lipinski definition) is 11. The zero-order valence-corrected chi connectivity index (χ0v) is 25.7. The van der Waals surface area contributed by atoms with Gasteiger partial charge in [0.2, 0.25) is 0 Å². The third kappa shape index (κ3) is 6.80. The lowest BCUT2D eigenvalue weighted by atomic mass is 9.89. The third-order valence-electron chi connectivity index (χ3n) is 8.57. The Morgan fingerprint density at radius 2 is 2.00 bits per heavy atom. The number of methoxy groups -OCH3 is 1. The SMILES string of the molecule is C=C(F)C(=O)N1CCN(c2nc(OC[C@]3(COC)CCOC3)nc3c2CCN(c2nc(N)cc(C)c2C(F)(F)F)C3)C[C@@H]1CC#N.